The lowest BCUT2D eigenvalue weighted by Crippen LogP contribution is -2.20. The van der Waals surface area contributed by atoms with E-state index in [0.29, 0.717) is 21.5 Å². The highest BCUT2D eigenvalue weighted by Crippen LogP contribution is 2.25. The predicted octanol–water partition coefficient (Wildman–Crippen LogP) is 5.08. The molecule has 2 rings (SSSR count). The van der Waals surface area contributed by atoms with Crippen molar-refractivity contribution in [1.82, 2.24) is 0 Å². The number of hydrogen-bond donors (Lipinski definition) is 1. The van der Waals surface area contributed by atoms with E-state index >= 15 is 0 Å². The number of carbonyl (C=O) groups excluding carboxylic acids is 1. The molecule has 110 valence electrons. The summed E-state index contributed by atoms with van der Waals surface area (Å²) < 4.78 is 6.45. The molecule has 0 atom stereocenters. The number of halogens is 3. The smallest absolute Gasteiger partial charge is 0.262 e. The van der Waals surface area contributed by atoms with Gasteiger partial charge < -0.3 is 10.1 Å². The highest BCUT2D eigenvalue weighted by Gasteiger charge is 2.08. The van der Waals surface area contributed by atoms with Crippen molar-refractivity contribution in [2.45, 2.75) is 6.92 Å². The molecule has 0 bridgehead atoms. The van der Waals surface area contributed by atoms with Gasteiger partial charge in [0.2, 0.25) is 0 Å². The van der Waals surface area contributed by atoms with E-state index in [9.17, 15) is 4.79 Å². The summed E-state index contributed by atoms with van der Waals surface area (Å²) in [6, 6.07) is 10.4. The number of amides is 1. The van der Waals surface area contributed by atoms with Gasteiger partial charge in [0.1, 0.15) is 5.75 Å². The Labute approximate surface area is 141 Å². The van der Waals surface area contributed by atoms with E-state index in [0.717, 1.165) is 10.0 Å². The molecule has 0 spiro atoms. The van der Waals surface area contributed by atoms with Gasteiger partial charge in [-0.05, 0) is 48.9 Å². The first-order valence-electron chi connectivity index (χ1n) is 6.09. The fraction of sp³-hybridized carbons (Fsp3) is 0.133. The maximum Gasteiger partial charge on any atom is 0.262 e. The summed E-state index contributed by atoms with van der Waals surface area (Å²) in [4.78, 5) is 11.9. The van der Waals surface area contributed by atoms with Gasteiger partial charge in [-0.25, -0.2) is 0 Å². The van der Waals surface area contributed by atoms with Gasteiger partial charge in [-0.15, -0.1) is 0 Å². The van der Waals surface area contributed by atoms with Crippen LogP contribution in [-0.4, -0.2) is 12.5 Å². The molecule has 1 amide bonds. The van der Waals surface area contributed by atoms with E-state index in [1.807, 2.05) is 19.1 Å². The number of hydrogen-bond acceptors (Lipinski definition) is 2. The van der Waals surface area contributed by atoms with Crippen LogP contribution in [0.15, 0.2) is 40.9 Å². The van der Waals surface area contributed by atoms with E-state index in [-0.39, 0.29) is 12.5 Å². The van der Waals surface area contributed by atoms with Crippen molar-refractivity contribution >= 4 is 50.7 Å². The van der Waals surface area contributed by atoms with E-state index in [2.05, 4.69) is 21.2 Å². The molecule has 0 aromatic heterocycles. The quantitative estimate of drug-likeness (QED) is 0.792. The minimum absolute atomic E-state index is 0.106. The SMILES string of the molecule is Cc1cc(Br)ccc1OCC(=O)Nc1cc(Cl)ccc1Cl. The molecule has 3 nitrogen and oxygen atoms in total. The molecule has 21 heavy (non-hydrogen) atoms. The van der Waals surface area contributed by atoms with Gasteiger partial charge in [0.05, 0.1) is 10.7 Å². The standard InChI is InChI=1S/C15H12BrCl2NO2/c1-9-6-10(16)2-5-14(9)21-8-15(20)19-13-7-11(17)3-4-12(13)18/h2-7H,8H2,1H3,(H,19,20). The van der Waals surface area contributed by atoms with Crippen LogP contribution in [0.25, 0.3) is 0 Å². The molecule has 6 heteroatoms. The topological polar surface area (TPSA) is 38.3 Å². The Morgan fingerprint density at radius 2 is 2.00 bits per heavy atom. The fourth-order valence-electron chi connectivity index (χ4n) is 1.70. The van der Waals surface area contributed by atoms with E-state index in [1.54, 1.807) is 24.3 Å². The first-order valence-corrected chi connectivity index (χ1v) is 7.64. The average Bonchev–Trinajstić information content (AvgIpc) is 2.42. The summed E-state index contributed by atoms with van der Waals surface area (Å²) in [7, 11) is 0. The van der Waals surface area contributed by atoms with Crippen LogP contribution in [0.3, 0.4) is 0 Å². The van der Waals surface area contributed by atoms with Crippen LogP contribution in [0.1, 0.15) is 5.56 Å². The lowest BCUT2D eigenvalue weighted by molar-refractivity contribution is -0.118. The number of nitrogens with one attached hydrogen (secondary N) is 1. The number of benzene rings is 2. The lowest BCUT2D eigenvalue weighted by atomic mass is 10.2. The zero-order chi connectivity index (χ0) is 15.4. The average molecular weight is 389 g/mol. The Kier molecular flexibility index (Phi) is 5.51. The van der Waals surface area contributed by atoms with E-state index < -0.39 is 0 Å². The molecule has 0 saturated carbocycles. The van der Waals surface area contributed by atoms with Crippen molar-refractivity contribution in [1.29, 1.82) is 0 Å². The highest BCUT2D eigenvalue weighted by atomic mass is 79.9. The molecule has 2 aromatic carbocycles. The van der Waals surface area contributed by atoms with Crippen LogP contribution in [0.2, 0.25) is 10.0 Å². The molecule has 0 aliphatic carbocycles. The number of aryl methyl sites for hydroxylation is 1. The first kappa shape index (κ1) is 16.1. The zero-order valence-electron chi connectivity index (χ0n) is 11.1. The normalized spacial score (nSPS) is 10.3. The molecule has 0 heterocycles. The third-order valence-corrected chi connectivity index (χ3v) is 3.76. The Morgan fingerprint density at radius 3 is 2.71 bits per heavy atom. The molecule has 2 aromatic rings. The molecule has 1 N–H and O–H groups in total. The Morgan fingerprint density at radius 1 is 1.24 bits per heavy atom. The van der Waals surface area contributed by atoms with Crippen LogP contribution < -0.4 is 10.1 Å². The third-order valence-electron chi connectivity index (χ3n) is 2.70. The van der Waals surface area contributed by atoms with Gasteiger partial charge in [-0.2, -0.15) is 0 Å². The second-order valence-electron chi connectivity index (χ2n) is 4.37. The summed E-state index contributed by atoms with van der Waals surface area (Å²) in [6.45, 7) is 1.80. The predicted molar refractivity (Wildman–Crippen MR) is 89.5 cm³/mol. The third kappa shape index (κ3) is 4.63. The maximum atomic E-state index is 11.9. The van der Waals surface area contributed by atoms with Crippen LogP contribution >= 0.6 is 39.1 Å². The van der Waals surface area contributed by atoms with Gasteiger partial charge in [0.15, 0.2) is 6.61 Å². The molecular weight excluding hydrogens is 377 g/mol. The minimum atomic E-state index is -0.304. The number of anilines is 1. The molecular formula is C15H12BrCl2NO2. The zero-order valence-corrected chi connectivity index (χ0v) is 14.2. The van der Waals surface area contributed by atoms with Crippen molar-refractivity contribution in [2.75, 3.05) is 11.9 Å². The second-order valence-corrected chi connectivity index (χ2v) is 6.13. The summed E-state index contributed by atoms with van der Waals surface area (Å²) in [6.07, 6.45) is 0. The summed E-state index contributed by atoms with van der Waals surface area (Å²) in [5.41, 5.74) is 1.41. The van der Waals surface area contributed by atoms with Crippen molar-refractivity contribution in [3.8, 4) is 5.75 Å². The molecule has 0 radical (unpaired) electrons. The van der Waals surface area contributed by atoms with E-state index in [4.69, 9.17) is 27.9 Å². The molecule has 0 saturated heterocycles. The van der Waals surface area contributed by atoms with Crippen LogP contribution in [0.4, 0.5) is 5.69 Å². The second kappa shape index (κ2) is 7.16. The van der Waals surface area contributed by atoms with Gasteiger partial charge >= 0.3 is 0 Å². The molecule has 0 aliphatic heterocycles. The van der Waals surface area contributed by atoms with Crippen LogP contribution in [0.5, 0.6) is 5.75 Å². The van der Waals surface area contributed by atoms with Crippen LogP contribution in [-0.2, 0) is 4.79 Å². The number of carbonyl (C=O) groups is 1. The largest absolute Gasteiger partial charge is 0.483 e. The van der Waals surface area contributed by atoms with E-state index in [1.165, 1.54) is 0 Å². The van der Waals surface area contributed by atoms with Crippen molar-refractivity contribution in [2.24, 2.45) is 0 Å². The first-order chi connectivity index (χ1) is 9.95. The highest BCUT2D eigenvalue weighted by molar-refractivity contribution is 9.10. The number of ether oxygens (including phenoxy) is 1. The molecule has 0 fully saturated rings. The van der Waals surface area contributed by atoms with Gasteiger partial charge in [0.25, 0.3) is 5.91 Å². The Bertz CT molecular complexity index is 677. The van der Waals surface area contributed by atoms with Gasteiger partial charge in [0, 0.05) is 9.50 Å². The summed E-state index contributed by atoms with van der Waals surface area (Å²) in [5, 5.41) is 3.59. The van der Waals surface area contributed by atoms with Gasteiger partial charge in [-0.3, -0.25) is 4.79 Å². The van der Waals surface area contributed by atoms with Crippen LogP contribution in [0, 0.1) is 6.92 Å². The summed E-state index contributed by atoms with van der Waals surface area (Å²) >= 11 is 15.2. The van der Waals surface area contributed by atoms with Crippen molar-refractivity contribution in [3.05, 3.63) is 56.5 Å². The number of rotatable bonds is 4. The molecule has 0 unspecified atom stereocenters. The lowest BCUT2D eigenvalue weighted by Gasteiger charge is -2.11. The minimum Gasteiger partial charge on any atom is -0.483 e. The van der Waals surface area contributed by atoms with Crippen molar-refractivity contribution in [3.63, 3.8) is 0 Å². The maximum absolute atomic E-state index is 11.9. The van der Waals surface area contributed by atoms with Crippen molar-refractivity contribution < 1.29 is 9.53 Å². The molecule has 0 aliphatic rings. The summed E-state index contributed by atoms with van der Waals surface area (Å²) in [5.74, 6) is 0.354. The van der Waals surface area contributed by atoms with Gasteiger partial charge in [-0.1, -0.05) is 39.1 Å². The Hall–Kier alpha value is -1.23. The Balaban J connectivity index is 1.97. The fourth-order valence-corrected chi connectivity index (χ4v) is 2.51. The monoisotopic (exact) mass is 387 g/mol.